The Labute approximate surface area is 224 Å². The van der Waals surface area contributed by atoms with Crippen LogP contribution < -0.4 is 10.0 Å². The monoisotopic (exact) mass is 558 g/mol. The molecule has 0 radical (unpaired) electrons. The highest BCUT2D eigenvalue weighted by molar-refractivity contribution is 8.00. The van der Waals surface area contributed by atoms with Gasteiger partial charge in [-0.05, 0) is 72.8 Å². The molecule has 2 aromatic carbocycles. The molecule has 5 rings (SSSR count). The van der Waals surface area contributed by atoms with E-state index in [1.54, 1.807) is 24.5 Å². The molecule has 196 valence electrons. The zero-order valence-electron chi connectivity index (χ0n) is 19.9. The molecule has 2 heterocycles. The first-order valence-electron chi connectivity index (χ1n) is 12.0. The van der Waals surface area contributed by atoms with E-state index in [-0.39, 0.29) is 33.2 Å². The summed E-state index contributed by atoms with van der Waals surface area (Å²) in [6.07, 6.45) is 7.75. The minimum absolute atomic E-state index is 0.0146. The highest BCUT2D eigenvalue weighted by atomic mass is 32.2. The van der Waals surface area contributed by atoms with Crippen LogP contribution in [0.4, 0.5) is 28.4 Å². The predicted molar refractivity (Wildman–Crippen MR) is 142 cm³/mol. The van der Waals surface area contributed by atoms with Gasteiger partial charge in [0.2, 0.25) is 5.91 Å². The van der Waals surface area contributed by atoms with Crippen molar-refractivity contribution in [3.05, 3.63) is 78.1 Å². The molecule has 1 amide bonds. The van der Waals surface area contributed by atoms with Crippen LogP contribution in [-0.2, 0) is 4.79 Å². The number of hydrogen-bond donors (Lipinski definition) is 2. The minimum Gasteiger partial charge on any atom is -0.323 e. The van der Waals surface area contributed by atoms with Crippen LogP contribution >= 0.6 is 23.3 Å². The number of pyridine rings is 1. The SMILES string of the molecule is O=C(Nc1nc(-c2c(F)ccc(NSc3cc(F)ccc3F)c2F)c(-c2ccncc2)s1)C1CCCCC1. The normalized spacial score (nSPS) is 13.9. The van der Waals surface area contributed by atoms with E-state index in [0.717, 1.165) is 67.7 Å². The molecule has 1 aliphatic rings. The number of carbonyl (C=O) groups excluding carboxylic acids is 1. The van der Waals surface area contributed by atoms with Gasteiger partial charge in [-0.25, -0.2) is 22.5 Å². The predicted octanol–water partition coefficient (Wildman–Crippen LogP) is 8.07. The number of amides is 1. The van der Waals surface area contributed by atoms with E-state index in [2.05, 4.69) is 20.0 Å². The Balaban J connectivity index is 1.50. The molecule has 0 aliphatic heterocycles. The molecule has 2 N–H and O–H groups in total. The Bertz CT molecular complexity index is 1460. The number of rotatable bonds is 7. The van der Waals surface area contributed by atoms with Crippen LogP contribution in [0.5, 0.6) is 0 Å². The topological polar surface area (TPSA) is 66.9 Å². The fraction of sp³-hybridized carbons (Fsp3) is 0.222. The molecule has 38 heavy (non-hydrogen) atoms. The average molecular weight is 559 g/mol. The third kappa shape index (κ3) is 5.68. The van der Waals surface area contributed by atoms with Crippen molar-refractivity contribution in [1.82, 2.24) is 9.97 Å². The average Bonchev–Trinajstić information content (AvgIpc) is 3.34. The van der Waals surface area contributed by atoms with Crippen molar-refractivity contribution in [1.29, 1.82) is 0 Å². The molecule has 0 spiro atoms. The fourth-order valence-corrected chi connectivity index (χ4v) is 6.02. The number of nitrogens with zero attached hydrogens (tertiary/aromatic N) is 2. The van der Waals surface area contributed by atoms with Gasteiger partial charge in [-0.2, -0.15) is 0 Å². The van der Waals surface area contributed by atoms with Gasteiger partial charge in [0.25, 0.3) is 0 Å². The maximum absolute atomic E-state index is 15.7. The summed E-state index contributed by atoms with van der Waals surface area (Å²) in [5.74, 6) is -3.44. The van der Waals surface area contributed by atoms with Crippen molar-refractivity contribution in [2.45, 2.75) is 37.0 Å². The van der Waals surface area contributed by atoms with Gasteiger partial charge in [-0.15, -0.1) is 0 Å². The summed E-state index contributed by atoms with van der Waals surface area (Å²) >= 11 is 1.77. The first-order chi connectivity index (χ1) is 18.4. The van der Waals surface area contributed by atoms with E-state index < -0.39 is 28.8 Å². The van der Waals surface area contributed by atoms with Crippen molar-refractivity contribution in [2.24, 2.45) is 5.92 Å². The number of benzene rings is 2. The third-order valence-electron chi connectivity index (χ3n) is 6.27. The van der Waals surface area contributed by atoms with E-state index in [1.165, 1.54) is 6.07 Å². The first-order valence-corrected chi connectivity index (χ1v) is 13.6. The highest BCUT2D eigenvalue weighted by Gasteiger charge is 2.26. The molecule has 0 unspecified atom stereocenters. The highest BCUT2D eigenvalue weighted by Crippen LogP contribution is 2.43. The number of thiazole rings is 1. The smallest absolute Gasteiger partial charge is 0.229 e. The molecule has 5 nitrogen and oxygen atoms in total. The Hall–Kier alpha value is -3.44. The van der Waals surface area contributed by atoms with Gasteiger partial charge in [0, 0.05) is 18.3 Å². The van der Waals surface area contributed by atoms with E-state index in [0.29, 0.717) is 22.4 Å². The number of hydrogen-bond acceptors (Lipinski definition) is 6. The molecule has 1 fully saturated rings. The molecular weight excluding hydrogens is 536 g/mol. The Morgan fingerprint density at radius 3 is 2.45 bits per heavy atom. The molecule has 0 atom stereocenters. The lowest BCUT2D eigenvalue weighted by atomic mass is 9.89. The molecule has 0 bridgehead atoms. The van der Waals surface area contributed by atoms with Gasteiger partial charge in [0.1, 0.15) is 17.5 Å². The Morgan fingerprint density at radius 2 is 1.68 bits per heavy atom. The summed E-state index contributed by atoms with van der Waals surface area (Å²) < 4.78 is 61.1. The lowest BCUT2D eigenvalue weighted by Crippen LogP contribution is -2.24. The zero-order chi connectivity index (χ0) is 26.6. The van der Waals surface area contributed by atoms with Crippen molar-refractivity contribution < 1.29 is 22.4 Å². The van der Waals surface area contributed by atoms with Crippen LogP contribution in [-0.4, -0.2) is 15.9 Å². The van der Waals surface area contributed by atoms with Crippen LogP contribution in [0.15, 0.2) is 59.8 Å². The van der Waals surface area contributed by atoms with Crippen molar-refractivity contribution >= 4 is 40.0 Å². The molecule has 1 saturated carbocycles. The molecule has 4 aromatic rings. The zero-order valence-corrected chi connectivity index (χ0v) is 21.6. The van der Waals surface area contributed by atoms with Crippen LogP contribution in [0.25, 0.3) is 21.7 Å². The maximum atomic E-state index is 15.7. The van der Waals surface area contributed by atoms with Gasteiger partial charge in [-0.3, -0.25) is 9.78 Å². The summed E-state index contributed by atoms with van der Waals surface area (Å²) in [6, 6.07) is 8.52. The summed E-state index contributed by atoms with van der Waals surface area (Å²) in [5, 5.41) is 3.07. The van der Waals surface area contributed by atoms with Crippen molar-refractivity contribution in [3.63, 3.8) is 0 Å². The van der Waals surface area contributed by atoms with Crippen LogP contribution in [0, 0.1) is 29.2 Å². The van der Waals surface area contributed by atoms with Gasteiger partial charge in [-0.1, -0.05) is 30.6 Å². The number of carbonyl (C=O) groups is 1. The van der Waals surface area contributed by atoms with Crippen molar-refractivity contribution in [2.75, 3.05) is 10.0 Å². The minimum atomic E-state index is -0.958. The summed E-state index contributed by atoms with van der Waals surface area (Å²) in [7, 11) is 0. The van der Waals surface area contributed by atoms with Crippen molar-refractivity contribution in [3.8, 4) is 21.7 Å². The first kappa shape index (κ1) is 26.2. The van der Waals surface area contributed by atoms with Crippen LogP contribution in [0.2, 0.25) is 0 Å². The van der Waals surface area contributed by atoms with Crippen LogP contribution in [0.1, 0.15) is 32.1 Å². The number of nitrogens with one attached hydrogen (secondary N) is 2. The Morgan fingerprint density at radius 1 is 0.947 bits per heavy atom. The number of anilines is 2. The second-order valence-corrected chi connectivity index (χ2v) is 10.7. The molecule has 1 aliphatic carbocycles. The summed E-state index contributed by atoms with van der Waals surface area (Å²) in [4.78, 5) is 21.7. The largest absolute Gasteiger partial charge is 0.323 e. The number of halogens is 4. The lowest BCUT2D eigenvalue weighted by Gasteiger charge is -2.19. The Kier molecular flexibility index (Phi) is 7.94. The van der Waals surface area contributed by atoms with Gasteiger partial charge >= 0.3 is 0 Å². The summed E-state index contributed by atoms with van der Waals surface area (Å²) in [6.45, 7) is 0. The number of aromatic nitrogens is 2. The standard InChI is InChI=1S/C27H22F4N4OS2/c28-17-6-7-18(29)21(14-17)38-35-20-9-8-19(30)22(23(20)31)24-25(15-10-12-32-13-11-15)37-27(33-24)34-26(36)16-4-2-1-3-5-16/h6-14,16,35H,1-5H2,(H,33,34,36). The molecule has 0 saturated heterocycles. The summed E-state index contributed by atoms with van der Waals surface area (Å²) in [5.41, 5.74) is 0.0906. The molecule has 11 heteroatoms. The van der Waals surface area contributed by atoms with E-state index in [9.17, 15) is 13.6 Å². The van der Waals surface area contributed by atoms with E-state index in [1.807, 2.05) is 0 Å². The quantitative estimate of drug-likeness (QED) is 0.177. The molecule has 2 aromatic heterocycles. The van der Waals surface area contributed by atoms with Gasteiger partial charge in [0.15, 0.2) is 10.9 Å². The van der Waals surface area contributed by atoms with Crippen LogP contribution in [0.3, 0.4) is 0 Å². The maximum Gasteiger partial charge on any atom is 0.229 e. The third-order valence-corrected chi connectivity index (χ3v) is 8.14. The second kappa shape index (κ2) is 11.5. The molecular formula is C27H22F4N4OS2. The fourth-order valence-electron chi connectivity index (χ4n) is 4.33. The van der Waals surface area contributed by atoms with E-state index in [4.69, 9.17) is 0 Å². The lowest BCUT2D eigenvalue weighted by molar-refractivity contribution is -0.120. The van der Waals surface area contributed by atoms with Gasteiger partial charge < -0.3 is 10.0 Å². The second-order valence-electron chi connectivity index (χ2n) is 8.82. The van der Waals surface area contributed by atoms with E-state index >= 15 is 8.78 Å². The van der Waals surface area contributed by atoms with Gasteiger partial charge in [0.05, 0.1) is 26.7 Å².